The Labute approximate surface area is 157 Å². The van der Waals surface area contributed by atoms with Gasteiger partial charge in [0.1, 0.15) is 18.6 Å². The van der Waals surface area contributed by atoms with Crippen molar-refractivity contribution in [2.24, 2.45) is 0 Å². The number of nitrogens with zero attached hydrogens (tertiary/aromatic N) is 5. The second-order valence-electron chi connectivity index (χ2n) is 6.79. The molecule has 1 aromatic carbocycles. The molecule has 6 nitrogen and oxygen atoms in total. The molecular formula is C19H16F3N5O. The van der Waals surface area contributed by atoms with E-state index in [1.54, 1.807) is 24.4 Å². The number of hydrogen-bond acceptors (Lipinski definition) is 4. The average Bonchev–Trinajstić information content (AvgIpc) is 3.09. The Morgan fingerprint density at radius 1 is 1.11 bits per heavy atom. The molecule has 4 rings (SSSR count). The van der Waals surface area contributed by atoms with Gasteiger partial charge in [0, 0.05) is 5.39 Å². The van der Waals surface area contributed by atoms with E-state index in [0.29, 0.717) is 16.6 Å². The van der Waals surface area contributed by atoms with Crippen molar-refractivity contribution in [2.75, 3.05) is 0 Å². The van der Waals surface area contributed by atoms with Gasteiger partial charge in [-0.05, 0) is 12.0 Å². The highest BCUT2D eigenvalue weighted by Gasteiger charge is 2.30. The lowest BCUT2D eigenvalue weighted by atomic mass is 10.1. The van der Waals surface area contributed by atoms with Gasteiger partial charge in [-0.2, -0.15) is 18.3 Å². The van der Waals surface area contributed by atoms with Crippen molar-refractivity contribution < 1.29 is 13.2 Å². The summed E-state index contributed by atoms with van der Waals surface area (Å²) in [7, 11) is 0. The summed E-state index contributed by atoms with van der Waals surface area (Å²) in [5.41, 5.74) is 1.21. The highest BCUT2D eigenvalue weighted by Crippen LogP contribution is 2.29. The zero-order valence-corrected chi connectivity index (χ0v) is 15.1. The number of pyridine rings is 1. The third kappa shape index (κ3) is 2.92. The summed E-state index contributed by atoms with van der Waals surface area (Å²) < 4.78 is 41.5. The van der Waals surface area contributed by atoms with Crippen LogP contribution in [0.2, 0.25) is 0 Å². The van der Waals surface area contributed by atoms with Crippen molar-refractivity contribution >= 4 is 21.8 Å². The van der Waals surface area contributed by atoms with Gasteiger partial charge >= 0.3 is 6.18 Å². The predicted molar refractivity (Wildman–Crippen MR) is 98.6 cm³/mol. The van der Waals surface area contributed by atoms with E-state index >= 15 is 0 Å². The molecule has 4 aromatic rings. The van der Waals surface area contributed by atoms with E-state index in [1.165, 1.54) is 23.3 Å². The van der Waals surface area contributed by atoms with Crippen LogP contribution in [0.5, 0.6) is 0 Å². The largest absolute Gasteiger partial charge is 0.406 e. The van der Waals surface area contributed by atoms with Gasteiger partial charge in [0.15, 0.2) is 0 Å². The van der Waals surface area contributed by atoms with Crippen molar-refractivity contribution in [3.63, 3.8) is 0 Å². The Morgan fingerprint density at radius 2 is 1.86 bits per heavy atom. The number of aromatic nitrogens is 5. The first-order chi connectivity index (χ1) is 13.3. The van der Waals surface area contributed by atoms with Gasteiger partial charge in [-0.1, -0.05) is 32.0 Å². The minimum atomic E-state index is -4.52. The first-order valence-electron chi connectivity index (χ1n) is 8.64. The van der Waals surface area contributed by atoms with Crippen molar-refractivity contribution in [3.8, 4) is 5.69 Å². The fourth-order valence-corrected chi connectivity index (χ4v) is 3.39. The van der Waals surface area contributed by atoms with Crippen LogP contribution in [0, 0.1) is 0 Å². The molecule has 0 aliphatic heterocycles. The number of rotatable bonds is 3. The number of alkyl halides is 3. The summed E-state index contributed by atoms with van der Waals surface area (Å²) in [4.78, 5) is 21.2. The number of benzene rings is 1. The van der Waals surface area contributed by atoms with Crippen LogP contribution in [0.25, 0.3) is 27.5 Å². The molecule has 144 valence electrons. The molecule has 0 saturated heterocycles. The van der Waals surface area contributed by atoms with Crippen LogP contribution < -0.4 is 5.56 Å². The summed E-state index contributed by atoms with van der Waals surface area (Å²) in [6.07, 6.45) is -0.202. The topological polar surface area (TPSA) is 65.6 Å². The van der Waals surface area contributed by atoms with E-state index in [-0.39, 0.29) is 16.8 Å². The van der Waals surface area contributed by atoms with Gasteiger partial charge < -0.3 is 0 Å². The molecule has 3 aromatic heterocycles. The summed E-state index contributed by atoms with van der Waals surface area (Å²) in [6, 6.07) is 6.50. The second kappa shape index (κ2) is 6.43. The van der Waals surface area contributed by atoms with Crippen LogP contribution >= 0.6 is 0 Å². The third-order valence-corrected chi connectivity index (χ3v) is 4.53. The molecule has 0 aliphatic rings. The van der Waals surface area contributed by atoms with E-state index in [4.69, 9.17) is 0 Å². The molecule has 0 amide bonds. The maximum absolute atomic E-state index is 13.1. The van der Waals surface area contributed by atoms with Crippen LogP contribution in [0.3, 0.4) is 0 Å². The van der Waals surface area contributed by atoms with E-state index in [2.05, 4.69) is 15.1 Å². The number of hydrogen-bond donors (Lipinski definition) is 0. The first-order valence-corrected chi connectivity index (χ1v) is 8.64. The molecule has 0 atom stereocenters. The standard InChI is InChI=1S/C19H16F3N5O/c1-11(2)16-15(8-23-10-24-16)27-17-12-5-3-4-6-14(12)26(9-19(20,21)22)18(28)13(17)7-25-27/h3-8,10-11H,9H2,1-2H3. The van der Waals surface area contributed by atoms with Gasteiger partial charge in [0.05, 0.1) is 34.5 Å². The smallest absolute Gasteiger partial charge is 0.298 e. The normalized spacial score (nSPS) is 12.4. The van der Waals surface area contributed by atoms with Crippen LogP contribution in [0.4, 0.5) is 13.2 Å². The minimum absolute atomic E-state index is 0.0640. The summed E-state index contributed by atoms with van der Waals surface area (Å²) in [5, 5.41) is 4.91. The van der Waals surface area contributed by atoms with E-state index in [9.17, 15) is 18.0 Å². The summed E-state index contributed by atoms with van der Waals surface area (Å²) in [5.74, 6) is 0.0640. The highest BCUT2D eigenvalue weighted by atomic mass is 19.4. The van der Waals surface area contributed by atoms with Crippen molar-refractivity contribution in [1.82, 2.24) is 24.3 Å². The van der Waals surface area contributed by atoms with Crippen molar-refractivity contribution in [1.29, 1.82) is 0 Å². The number of halogens is 3. The van der Waals surface area contributed by atoms with E-state index < -0.39 is 18.3 Å². The third-order valence-electron chi connectivity index (χ3n) is 4.53. The molecule has 0 radical (unpaired) electrons. The Morgan fingerprint density at radius 3 is 2.57 bits per heavy atom. The Hall–Kier alpha value is -3.23. The Kier molecular flexibility index (Phi) is 4.17. The quantitative estimate of drug-likeness (QED) is 0.536. The van der Waals surface area contributed by atoms with Crippen LogP contribution in [-0.4, -0.2) is 30.5 Å². The molecule has 3 heterocycles. The maximum Gasteiger partial charge on any atom is 0.406 e. The first kappa shape index (κ1) is 18.1. The summed E-state index contributed by atoms with van der Waals surface area (Å²) >= 11 is 0. The van der Waals surface area contributed by atoms with Gasteiger partial charge in [-0.3, -0.25) is 9.36 Å². The molecule has 9 heteroatoms. The van der Waals surface area contributed by atoms with Crippen LogP contribution in [0.15, 0.2) is 47.8 Å². The van der Waals surface area contributed by atoms with Crippen LogP contribution in [-0.2, 0) is 6.54 Å². The molecule has 0 fully saturated rings. The second-order valence-corrected chi connectivity index (χ2v) is 6.79. The van der Waals surface area contributed by atoms with Crippen LogP contribution in [0.1, 0.15) is 25.5 Å². The Bertz CT molecular complexity index is 1240. The zero-order valence-electron chi connectivity index (χ0n) is 15.1. The molecule has 0 aliphatic carbocycles. The molecule has 28 heavy (non-hydrogen) atoms. The highest BCUT2D eigenvalue weighted by molar-refractivity contribution is 6.04. The Balaban J connectivity index is 2.11. The lowest BCUT2D eigenvalue weighted by molar-refractivity contribution is -0.140. The monoisotopic (exact) mass is 387 g/mol. The SMILES string of the molecule is CC(C)c1ncncc1-n1ncc2c(=O)n(CC(F)(F)F)c3ccccc3c21. The fourth-order valence-electron chi connectivity index (χ4n) is 3.39. The number of para-hydroxylation sites is 1. The lowest BCUT2D eigenvalue weighted by Gasteiger charge is -2.15. The van der Waals surface area contributed by atoms with Crippen molar-refractivity contribution in [3.05, 3.63) is 59.0 Å². The average molecular weight is 387 g/mol. The zero-order chi connectivity index (χ0) is 20.1. The fraction of sp³-hybridized carbons (Fsp3) is 0.263. The number of fused-ring (bicyclic) bond motifs is 3. The van der Waals surface area contributed by atoms with E-state index in [1.807, 2.05) is 13.8 Å². The van der Waals surface area contributed by atoms with Crippen molar-refractivity contribution in [2.45, 2.75) is 32.5 Å². The van der Waals surface area contributed by atoms with Gasteiger partial charge in [0.25, 0.3) is 5.56 Å². The molecule has 0 bridgehead atoms. The van der Waals surface area contributed by atoms with Gasteiger partial charge in [-0.25, -0.2) is 14.6 Å². The van der Waals surface area contributed by atoms with Gasteiger partial charge in [0.2, 0.25) is 0 Å². The molecule has 0 spiro atoms. The molecular weight excluding hydrogens is 371 g/mol. The maximum atomic E-state index is 13.1. The molecule has 0 N–H and O–H groups in total. The molecule has 0 saturated carbocycles. The lowest BCUT2D eigenvalue weighted by Crippen LogP contribution is -2.28. The summed E-state index contributed by atoms with van der Waals surface area (Å²) in [6.45, 7) is 2.57. The van der Waals surface area contributed by atoms with Gasteiger partial charge in [-0.15, -0.1) is 0 Å². The molecule has 0 unspecified atom stereocenters. The predicted octanol–water partition coefficient (Wildman–Crippen LogP) is 3.82. The van der Waals surface area contributed by atoms with E-state index in [0.717, 1.165) is 10.3 Å². The minimum Gasteiger partial charge on any atom is -0.298 e.